The van der Waals surface area contributed by atoms with Crippen LogP contribution in [0, 0.1) is 20.2 Å². The quantitative estimate of drug-likeness (QED) is 0.605. The molecule has 0 spiro atoms. The molecule has 24 heavy (non-hydrogen) atoms. The van der Waals surface area contributed by atoms with Crippen LogP contribution in [0.3, 0.4) is 0 Å². The number of ether oxygens (including phenoxy) is 1. The summed E-state index contributed by atoms with van der Waals surface area (Å²) in [6.07, 6.45) is 0.306. The predicted molar refractivity (Wildman–Crippen MR) is 85.0 cm³/mol. The van der Waals surface area contributed by atoms with Crippen LogP contribution < -0.4 is 0 Å². The van der Waals surface area contributed by atoms with Crippen LogP contribution in [0.2, 0.25) is 0 Å². The summed E-state index contributed by atoms with van der Waals surface area (Å²) in [5.41, 5.74) is -0.362. The molecule has 0 atom stereocenters. The van der Waals surface area contributed by atoms with Crippen molar-refractivity contribution in [2.45, 2.75) is 39.2 Å². The first kappa shape index (κ1) is 17.6. The van der Waals surface area contributed by atoms with Crippen molar-refractivity contribution >= 4 is 17.5 Å². The Bertz CT molecular complexity index is 650. The van der Waals surface area contributed by atoms with E-state index in [2.05, 4.69) is 0 Å². The van der Waals surface area contributed by atoms with Gasteiger partial charge in [-0.05, 0) is 44.7 Å². The lowest BCUT2D eigenvalue weighted by atomic mass is 10.0. The van der Waals surface area contributed by atoms with Gasteiger partial charge in [-0.3, -0.25) is 20.2 Å². The van der Waals surface area contributed by atoms with Gasteiger partial charge < -0.3 is 9.64 Å². The topological polar surface area (TPSA) is 116 Å². The van der Waals surface area contributed by atoms with Gasteiger partial charge >= 0.3 is 17.5 Å². The van der Waals surface area contributed by atoms with Crippen LogP contribution in [0.15, 0.2) is 12.1 Å². The normalized spacial score (nSPS) is 14.5. The minimum absolute atomic E-state index is 0.344. The Labute approximate surface area is 138 Å². The Morgan fingerprint density at radius 3 is 1.79 bits per heavy atom. The number of amides is 1. The fraction of sp³-hybridized carbons (Fsp3) is 0.533. The number of benzene rings is 1. The number of nitrogens with zero attached hydrogens (tertiary/aromatic N) is 3. The van der Waals surface area contributed by atoms with Gasteiger partial charge in [0.1, 0.15) is 5.60 Å². The predicted octanol–water partition coefficient (Wildman–Crippen LogP) is 2.84. The Balaban J connectivity index is 2.26. The summed E-state index contributed by atoms with van der Waals surface area (Å²) in [4.78, 5) is 34.2. The van der Waals surface area contributed by atoms with E-state index >= 15 is 0 Å². The van der Waals surface area contributed by atoms with E-state index in [9.17, 15) is 25.0 Å². The van der Waals surface area contributed by atoms with E-state index in [1.54, 1.807) is 20.8 Å². The van der Waals surface area contributed by atoms with Crippen LogP contribution in [0.25, 0.3) is 0 Å². The van der Waals surface area contributed by atoms with Crippen molar-refractivity contribution in [1.29, 1.82) is 0 Å². The second-order valence-corrected chi connectivity index (χ2v) is 6.59. The van der Waals surface area contributed by atoms with E-state index in [0.29, 0.717) is 37.1 Å². The minimum atomic E-state index is -0.755. The lowest BCUT2D eigenvalue weighted by Crippen LogP contribution is -2.38. The maximum atomic E-state index is 12.2. The van der Waals surface area contributed by atoms with Crippen LogP contribution in [-0.4, -0.2) is 39.5 Å². The Morgan fingerprint density at radius 1 is 1.04 bits per heavy atom. The molecule has 1 aromatic carbocycles. The molecule has 0 radical (unpaired) electrons. The van der Waals surface area contributed by atoms with E-state index in [4.69, 9.17) is 4.74 Å². The van der Waals surface area contributed by atoms with Crippen molar-refractivity contribution in [3.63, 3.8) is 0 Å². The summed E-state index contributed by atoms with van der Waals surface area (Å²) in [7, 11) is 0. The first-order valence-corrected chi connectivity index (χ1v) is 7.51. The summed E-state index contributed by atoms with van der Waals surface area (Å²) < 4.78 is 5.33. The lowest BCUT2D eigenvalue weighted by molar-refractivity contribution is -0.422. The molecule has 1 heterocycles. The highest BCUT2D eigenvalue weighted by Crippen LogP contribution is 2.32. The molecule has 0 saturated carbocycles. The fourth-order valence-corrected chi connectivity index (χ4v) is 2.55. The Morgan fingerprint density at radius 2 is 1.46 bits per heavy atom. The number of hydrogen-bond donors (Lipinski definition) is 0. The largest absolute Gasteiger partial charge is 0.444 e. The van der Waals surface area contributed by atoms with Crippen molar-refractivity contribution in [2.75, 3.05) is 13.1 Å². The second kappa shape index (κ2) is 6.42. The van der Waals surface area contributed by atoms with Crippen LogP contribution in [0.5, 0.6) is 0 Å². The monoisotopic (exact) mass is 337 g/mol. The van der Waals surface area contributed by atoms with Gasteiger partial charge in [0.05, 0.1) is 9.85 Å². The van der Waals surface area contributed by atoms with Crippen LogP contribution in [0.4, 0.5) is 16.2 Å². The molecule has 9 heteroatoms. The van der Waals surface area contributed by atoms with E-state index in [1.807, 2.05) is 0 Å². The molecule has 0 bridgehead atoms. The van der Waals surface area contributed by atoms with Gasteiger partial charge in [0.15, 0.2) is 0 Å². The maximum absolute atomic E-state index is 12.2. The summed E-state index contributed by atoms with van der Waals surface area (Å²) >= 11 is 0. The highest BCUT2D eigenvalue weighted by molar-refractivity contribution is 5.68. The molecule has 130 valence electrons. The Kier molecular flexibility index (Phi) is 4.72. The molecule has 0 aliphatic carbocycles. The zero-order valence-corrected chi connectivity index (χ0v) is 13.8. The molecule has 0 N–H and O–H groups in total. The zero-order valence-electron chi connectivity index (χ0n) is 13.8. The first-order valence-electron chi connectivity index (χ1n) is 7.51. The summed E-state index contributed by atoms with van der Waals surface area (Å²) in [5.74, 6) is 0. The van der Waals surface area contributed by atoms with Gasteiger partial charge in [0.25, 0.3) is 0 Å². The van der Waals surface area contributed by atoms with E-state index in [-0.39, 0.29) is 0 Å². The standard InChI is InChI=1S/C15H19N3O6/c1-15(2,3)24-14(19)16-6-4-10-8-12(17(20)21)13(18(22)23)9-11(10)5-7-16/h8-9H,4-7H2,1-3H3. The highest BCUT2D eigenvalue weighted by atomic mass is 16.6. The van der Waals surface area contributed by atoms with E-state index in [1.165, 1.54) is 17.0 Å². The molecular weight excluding hydrogens is 318 g/mol. The van der Waals surface area contributed by atoms with Crippen molar-refractivity contribution in [3.05, 3.63) is 43.5 Å². The third-order valence-electron chi connectivity index (χ3n) is 3.64. The fourth-order valence-electron chi connectivity index (χ4n) is 2.55. The first-order chi connectivity index (χ1) is 11.1. The molecule has 1 aromatic rings. The molecule has 1 aliphatic rings. The van der Waals surface area contributed by atoms with Crippen molar-refractivity contribution < 1.29 is 19.4 Å². The summed E-state index contributed by atoms with van der Waals surface area (Å²) in [6.45, 7) is 5.99. The van der Waals surface area contributed by atoms with Gasteiger partial charge in [0.2, 0.25) is 0 Å². The van der Waals surface area contributed by atoms with E-state index in [0.717, 1.165) is 0 Å². The molecule has 9 nitrogen and oxygen atoms in total. The number of nitro groups is 2. The third-order valence-corrected chi connectivity index (χ3v) is 3.64. The van der Waals surface area contributed by atoms with Crippen LogP contribution in [-0.2, 0) is 17.6 Å². The third kappa shape index (κ3) is 3.98. The number of fused-ring (bicyclic) bond motifs is 1. The van der Waals surface area contributed by atoms with Gasteiger partial charge in [-0.1, -0.05) is 0 Å². The zero-order chi connectivity index (χ0) is 18.1. The molecule has 0 aromatic heterocycles. The molecule has 0 saturated heterocycles. The van der Waals surface area contributed by atoms with Gasteiger partial charge in [-0.15, -0.1) is 0 Å². The van der Waals surface area contributed by atoms with Crippen molar-refractivity contribution in [2.24, 2.45) is 0 Å². The lowest BCUT2D eigenvalue weighted by Gasteiger charge is -2.26. The molecule has 0 unspecified atom stereocenters. The number of carbonyl (C=O) groups is 1. The average Bonchev–Trinajstić information content (AvgIpc) is 2.65. The maximum Gasteiger partial charge on any atom is 0.410 e. The van der Waals surface area contributed by atoms with Gasteiger partial charge in [0, 0.05) is 25.2 Å². The van der Waals surface area contributed by atoms with Crippen molar-refractivity contribution in [1.82, 2.24) is 4.90 Å². The SMILES string of the molecule is CC(C)(C)OC(=O)N1CCc2cc([N+](=O)[O-])c([N+](=O)[O-])cc2CC1. The van der Waals surface area contributed by atoms with E-state index < -0.39 is 32.9 Å². The second-order valence-electron chi connectivity index (χ2n) is 6.59. The van der Waals surface area contributed by atoms with Crippen LogP contribution >= 0.6 is 0 Å². The molecule has 1 aliphatic heterocycles. The van der Waals surface area contributed by atoms with Crippen LogP contribution in [0.1, 0.15) is 31.9 Å². The summed E-state index contributed by atoms with van der Waals surface area (Å²) in [6, 6.07) is 2.48. The molecule has 1 amide bonds. The minimum Gasteiger partial charge on any atom is -0.444 e. The number of carbonyl (C=O) groups excluding carboxylic acids is 1. The number of hydrogen-bond acceptors (Lipinski definition) is 6. The average molecular weight is 337 g/mol. The number of rotatable bonds is 2. The van der Waals surface area contributed by atoms with Gasteiger partial charge in [-0.25, -0.2) is 4.79 Å². The Hall–Kier alpha value is -2.71. The molecular formula is C15H19N3O6. The van der Waals surface area contributed by atoms with Gasteiger partial charge in [-0.2, -0.15) is 0 Å². The summed E-state index contributed by atoms with van der Waals surface area (Å²) in [5, 5.41) is 22.1. The smallest absolute Gasteiger partial charge is 0.410 e. The highest BCUT2D eigenvalue weighted by Gasteiger charge is 2.29. The molecule has 0 fully saturated rings. The number of nitro benzene ring substituents is 2. The molecule has 2 rings (SSSR count). The van der Waals surface area contributed by atoms with Crippen molar-refractivity contribution in [3.8, 4) is 0 Å².